The van der Waals surface area contributed by atoms with Gasteiger partial charge in [0, 0.05) is 6.54 Å². The standard InChI is InChI=1S/C9H13NOS/c1-3-8(7-10-5-1)11-9-4-2-6-12-9/h2,4,6,8,10H,1,3,5,7H2. The van der Waals surface area contributed by atoms with E-state index in [1.807, 2.05) is 17.5 Å². The number of rotatable bonds is 2. The first kappa shape index (κ1) is 8.08. The van der Waals surface area contributed by atoms with Gasteiger partial charge in [0.15, 0.2) is 5.06 Å². The average Bonchev–Trinajstić information content (AvgIpc) is 2.59. The molecule has 2 nitrogen and oxygen atoms in total. The first-order valence-electron chi connectivity index (χ1n) is 4.36. The van der Waals surface area contributed by atoms with Gasteiger partial charge in [-0.1, -0.05) is 0 Å². The van der Waals surface area contributed by atoms with Crippen molar-refractivity contribution >= 4 is 11.3 Å². The van der Waals surface area contributed by atoms with E-state index in [1.54, 1.807) is 11.3 Å². The van der Waals surface area contributed by atoms with Crippen LogP contribution < -0.4 is 10.1 Å². The molecule has 1 saturated heterocycles. The molecule has 1 unspecified atom stereocenters. The van der Waals surface area contributed by atoms with Crippen LogP contribution in [-0.2, 0) is 0 Å². The van der Waals surface area contributed by atoms with Crippen LogP contribution in [0.5, 0.6) is 5.06 Å². The molecule has 1 atom stereocenters. The molecular weight excluding hydrogens is 170 g/mol. The Morgan fingerprint density at radius 1 is 1.58 bits per heavy atom. The van der Waals surface area contributed by atoms with Crippen LogP contribution in [0.1, 0.15) is 12.8 Å². The summed E-state index contributed by atoms with van der Waals surface area (Å²) in [6.45, 7) is 2.14. The fourth-order valence-corrected chi connectivity index (χ4v) is 2.06. The Kier molecular flexibility index (Phi) is 2.64. The SMILES string of the molecule is c1csc(OC2CCCNC2)c1. The van der Waals surface area contributed by atoms with E-state index in [9.17, 15) is 0 Å². The number of hydrogen-bond donors (Lipinski definition) is 1. The number of ether oxygens (including phenoxy) is 1. The molecule has 0 bridgehead atoms. The molecule has 1 aliphatic rings. The second-order valence-electron chi connectivity index (χ2n) is 3.02. The molecule has 0 spiro atoms. The van der Waals surface area contributed by atoms with Crippen molar-refractivity contribution in [3.05, 3.63) is 17.5 Å². The lowest BCUT2D eigenvalue weighted by Crippen LogP contribution is -2.36. The molecular formula is C9H13NOS. The quantitative estimate of drug-likeness (QED) is 0.756. The van der Waals surface area contributed by atoms with Crippen LogP contribution in [0.25, 0.3) is 0 Å². The Hall–Kier alpha value is -0.540. The van der Waals surface area contributed by atoms with Crippen molar-refractivity contribution in [2.45, 2.75) is 18.9 Å². The summed E-state index contributed by atoms with van der Waals surface area (Å²) >= 11 is 1.67. The van der Waals surface area contributed by atoms with E-state index < -0.39 is 0 Å². The first-order chi connectivity index (χ1) is 5.95. The summed E-state index contributed by atoms with van der Waals surface area (Å²) in [5.41, 5.74) is 0. The summed E-state index contributed by atoms with van der Waals surface area (Å²) in [5, 5.41) is 6.42. The highest BCUT2D eigenvalue weighted by atomic mass is 32.1. The van der Waals surface area contributed by atoms with Gasteiger partial charge in [-0.2, -0.15) is 0 Å². The van der Waals surface area contributed by atoms with Crippen LogP contribution >= 0.6 is 11.3 Å². The summed E-state index contributed by atoms with van der Waals surface area (Å²) in [6, 6.07) is 4.05. The zero-order chi connectivity index (χ0) is 8.23. The average molecular weight is 183 g/mol. The molecule has 0 aliphatic carbocycles. The Morgan fingerprint density at radius 2 is 2.58 bits per heavy atom. The maximum absolute atomic E-state index is 5.75. The minimum Gasteiger partial charge on any atom is -0.480 e. The van der Waals surface area contributed by atoms with Crippen LogP contribution in [0.3, 0.4) is 0 Å². The summed E-state index contributed by atoms with van der Waals surface area (Å²) in [7, 11) is 0. The predicted molar refractivity (Wildman–Crippen MR) is 50.8 cm³/mol. The van der Waals surface area contributed by atoms with Gasteiger partial charge in [0.2, 0.25) is 0 Å². The zero-order valence-corrected chi connectivity index (χ0v) is 7.77. The minimum absolute atomic E-state index is 0.386. The Morgan fingerprint density at radius 3 is 3.25 bits per heavy atom. The molecule has 0 saturated carbocycles. The summed E-state index contributed by atoms with van der Waals surface area (Å²) < 4.78 is 5.75. The van der Waals surface area contributed by atoms with Crippen molar-refractivity contribution in [2.75, 3.05) is 13.1 Å². The largest absolute Gasteiger partial charge is 0.480 e. The normalized spacial score (nSPS) is 23.8. The summed E-state index contributed by atoms with van der Waals surface area (Å²) in [5.74, 6) is 0. The van der Waals surface area contributed by atoms with Crippen molar-refractivity contribution < 1.29 is 4.74 Å². The molecule has 2 heterocycles. The van der Waals surface area contributed by atoms with Gasteiger partial charge in [-0.05, 0) is 36.9 Å². The number of thiophene rings is 1. The lowest BCUT2D eigenvalue weighted by Gasteiger charge is -2.22. The van der Waals surface area contributed by atoms with E-state index in [-0.39, 0.29) is 0 Å². The van der Waals surface area contributed by atoms with E-state index in [2.05, 4.69) is 5.32 Å². The van der Waals surface area contributed by atoms with Crippen LogP contribution in [-0.4, -0.2) is 19.2 Å². The van der Waals surface area contributed by atoms with Gasteiger partial charge in [-0.15, -0.1) is 11.3 Å². The van der Waals surface area contributed by atoms with Crippen LogP contribution in [0, 0.1) is 0 Å². The first-order valence-corrected chi connectivity index (χ1v) is 5.24. The van der Waals surface area contributed by atoms with Gasteiger partial charge in [0.05, 0.1) is 0 Å². The number of piperidine rings is 1. The van der Waals surface area contributed by atoms with Crippen LogP contribution in [0.2, 0.25) is 0 Å². The fourth-order valence-electron chi connectivity index (χ4n) is 1.42. The predicted octanol–water partition coefficient (Wildman–Crippen LogP) is 1.88. The van der Waals surface area contributed by atoms with E-state index in [0.717, 1.165) is 18.2 Å². The van der Waals surface area contributed by atoms with Crippen LogP contribution in [0.15, 0.2) is 17.5 Å². The second-order valence-corrected chi connectivity index (χ2v) is 3.93. The molecule has 0 amide bonds. The molecule has 3 heteroatoms. The molecule has 2 rings (SSSR count). The molecule has 0 radical (unpaired) electrons. The fraction of sp³-hybridized carbons (Fsp3) is 0.556. The third-order valence-corrected chi connectivity index (χ3v) is 2.79. The molecule has 66 valence electrons. The highest BCUT2D eigenvalue weighted by Crippen LogP contribution is 2.21. The highest BCUT2D eigenvalue weighted by Gasteiger charge is 2.14. The maximum Gasteiger partial charge on any atom is 0.174 e. The molecule has 1 aromatic heterocycles. The molecule has 1 N–H and O–H groups in total. The lowest BCUT2D eigenvalue weighted by molar-refractivity contribution is 0.172. The molecule has 1 aromatic rings. The topological polar surface area (TPSA) is 21.3 Å². The van der Waals surface area contributed by atoms with Crippen molar-refractivity contribution in [1.29, 1.82) is 0 Å². The van der Waals surface area contributed by atoms with Crippen LogP contribution in [0.4, 0.5) is 0 Å². The molecule has 12 heavy (non-hydrogen) atoms. The Labute approximate surface area is 76.6 Å². The summed E-state index contributed by atoms with van der Waals surface area (Å²) in [4.78, 5) is 0. The summed E-state index contributed by atoms with van der Waals surface area (Å²) in [6.07, 6.45) is 2.80. The maximum atomic E-state index is 5.75. The minimum atomic E-state index is 0.386. The molecule has 1 aliphatic heterocycles. The second kappa shape index (κ2) is 3.92. The van der Waals surface area contributed by atoms with Gasteiger partial charge >= 0.3 is 0 Å². The van der Waals surface area contributed by atoms with E-state index in [4.69, 9.17) is 4.74 Å². The van der Waals surface area contributed by atoms with Crippen molar-refractivity contribution in [1.82, 2.24) is 5.32 Å². The monoisotopic (exact) mass is 183 g/mol. The molecule has 1 fully saturated rings. The Balaban J connectivity index is 1.86. The molecule has 0 aromatic carbocycles. The third-order valence-electron chi connectivity index (χ3n) is 2.03. The van der Waals surface area contributed by atoms with Gasteiger partial charge in [-0.25, -0.2) is 0 Å². The third kappa shape index (κ3) is 1.99. The van der Waals surface area contributed by atoms with Crippen molar-refractivity contribution in [3.63, 3.8) is 0 Å². The van der Waals surface area contributed by atoms with Gasteiger partial charge in [-0.3, -0.25) is 0 Å². The van der Waals surface area contributed by atoms with Gasteiger partial charge < -0.3 is 10.1 Å². The number of nitrogens with one attached hydrogen (secondary N) is 1. The van der Waals surface area contributed by atoms with Crippen molar-refractivity contribution in [3.8, 4) is 5.06 Å². The van der Waals surface area contributed by atoms with E-state index >= 15 is 0 Å². The van der Waals surface area contributed by atoms with E-state index in [1.165, 1.54) is 12.8 Å². The Bertz CT molecular complexity index is 216. The van der Waals surface area contributed by atoms with Gasteiger partial charge in [0.25, 0.3) is 0 Å². The zero-order valence-electron chi connectivity index (χ0n) is 6.95. The highest BCUT2D eigenvalue weighted by molar-refractivity contribution is 7.11. The van der Waals surface area contributed by atoms with Crippen molar-refractivity contribution in [2.24, 2.45) is 0 Å². The van der Waals surface area contributed by atoms with Gasteiger partial charge in [0.1, 0.15) is 6.10 Å². The lowest BCUT2D eigenvalue weighted by atomic mass is 10.1. The number of hydrogen-bond acceptors (Lipinski definition) is 3. The van der Waals surface area contributed by atoms with E-state index in [0.29, 0.717) is 6.10 Å². The smallest absolute Gasteiger partial charge is 0.174 e.